The smallest absolute Gasteiger partial charge is 0.234 e. The number of amides is 1. The number of thioether (sulfide) groups is 1. The fraction of sp³-hybridized carbons (Fsp3) is 0.462. The topological polar surface area (TPSA) is 67.8 Å². The molecule has 19 heavy (non-hydrogen) atoms. The van der Waals surface area contributed by atoms with Crippen molar-refractivity contribution in [2.45, 2.75) is 18.6 Å². The van der Waals surface area contributed by atoms with Crippen LogP contribution in [0.5, 0.6) is 11.5 Å². The maximum atomic E-state index is 11.8. The van der Waals surface area contributed by atoms with E-state index in [1.807, 2.05) is 6.92 Å². The summed E-state index contributed by atoms with van der Waals surface area (Å²) in [6.45, 7) is 2.37. The van der Waals surface area contributed by atoms with Crippen LogP contribution in [0, 0.1) is 0 Å². The van der Waals surface area contributed by atoms with Crippen LogP contribution in [0.1, 0.15) is 13.3 Å². The van der Waals surface area contributed by atoms with Crippen molar-refractivity contribution in [2.24, 2.45) is 0 Å². The molecule has 1 aromatic carbocycles. The second-order valence-electron chi connectivity index (χ2n) is 4.25. The van der Waals surface area contributed by atoms with Crippen LogP contribution < -0.4 is 14.8 Å². The third kappa shape index (κ3) is 4.04. The Morgan fingerprint density at radius 2 is 2.26 bits per heavy atom. The third-order valence-corrected chi connectivity index (χ3v) is 3.92. The van der Waals surface area contributed by atoms with Crippen LogP contribution in [-0.2, 0) is 4.79 Å². The number of carbonyl (C=O) groups is 1. The van der Waals surface area contributed by atoms with Crippen molar-refractivity contribution in [1.82, 2.24) is 0 Å². The van der Waals surface area contributed by atoms with E-state index in [0.717, 1.165) is 0 Å². The van der Waals surface area contributed by atoms with E-state index in [2.05, 4.69) is 5.32 Å². The van der Waals surface area contributed by atoms with Crippen molar-refractivity contribution in [3.05, 3.63) is 18.2 Å². The summed E-state index contributed by atoms with van der Waals surface area (Å²) in [5.41, 5.74) is 0.699. The predicted molar refractivity (Wildman–Crippen MR) is 74.8 cm³/mol. The number of benzene rings is 1. The molecule has 0 aromatic heterocycles. The van der Waals surface area contributed by atoms with Crippen LogP contribution in [0.3, 0.4) is 0 Å². The predicted octanol–water partition coefficient (Wildman–Crippen LogP) is 1.86. The van der Waals surface area contributed by atoms with E-state index < -0.39 is 0 Å². The second kappa shape index (κ2) is 6.68. The van der Waals surface area contributed by atoms with Gasteiger partial charge in [0.25, 0.3) is 0 Å². The molecule has 1 atom stereocenters. The minimum atomic E-state index is -0.0614. The molecule has 2 rings (SSSR count). The first kappa shape index (κ1) is 14.0. The number of hydrogen-bond acceptors (Lipinski definition) is 5. The Labute approximate surface area is 116 Å². The lowest BCUT2D eigenvalue weighted by atomic mass is 10.3. The van der Waals surface area contributed by atoms with E-state index in [9.17, 15) is 4.79 Å². The SMILES string of the molecule is CC(CCO)SCC(=O)Nc1ccc2c(c1)OCO2. The summed E-state index contributed by atoms with van der Waals surface area (Å²) in [5.74, 6) is 1.66. The van der Waals surface area contributed by atoms with Crippen LogP contribution in [-0.4, -0.2) is 35.4 Å². The average Bonchev–Trinajstić information content (AvgIpc) is 2.84. The van der Waals surface area contributed by atoms with Gasteiger partial charge in [0, 0.05) is 23.6 Å². The molecule has 0 aliphatic carbocycles. The van der Waals surface area contributed by atoms with Gasteiger partial charge in [-0.2, -0.15) is 0 Å². The van der Waals surface area contributed by atoms with Crippen LogP contribution in [0.15, 0.2) is 18.2 Å². The van der Waals surface area contributed by atoms with Crippen LogP contribution in [0.25, 0.3) is 0 Å². The molecule has 1 amide bonds. The first-order valence-corrected chi connectivity index (χ1v) is 7.16. The van der Waals surface area contributed by atoms with Crippen LogP contribution >= 0.6 is 11.8 Å². The summed E-state index contributed by atoms with van der Waals surface area (Å²) >= 11 is 1.53. The quantitative estimate of drug-likeness (QED) is 0.834. The zero-order chi connectivity index (χ0) is 13.7. The second-order valence-corrected chi connectivity index (χ2v) is 5.68. The number of nitrogens with one attached hydrogen (secondary N) is 1. The van der Waals surface area contributed by atoms with Gasteiger partial charge in [-0.3, -0.25) is 4.79 Å². The monoisotopic (exact) mass is 283 g/mol. The summed E-state index contributed by atoms with van der Waals surface area (Å²) in [7, 11) is 0. The number of aliphatic hydroxyl groups excluding tert-OH is 1. The maximum absolute atomic E-state index is 11.8. The lowest BCUT2D eigenvalue weighted by molar-refractivity contribution is -0.113. The van der Waals surface area contributed by atoms with E-state index in [1.165, 1.54) is 11.8 Å². The van der Waals surface area contributed by atoms with Crippen LogP contribution in [0.2, 0.25) is 0 Å². The molecule has 1 aliphatic rings. The number of rotatable bonds is 6. The Morgan fingerprint density at radius 1 is 1.47 bits per heavy atom. The van der Waals surface area contributed by atoms with Gasteiger partial charge in [0.05, 0.1) is 5.75 Å². The van der Waals surface area contributed by atoms with E-state index >= 15 is 0 Å². The number of ether oxygens (including phenoxy) is 2. The molecule has 104 valence electrons. The molecule has 0 bridgehead atoms. The highest BCUT2D eigenvalue weighted by Crippen LogP contribution is 2.34. The molecule has 0 saturated heterocycles. The summed E-state index contributed by atoms with van der Waals surface area (Å²) in [4.78, 5) is 11.8. The van der Waals surface area contributed by atoms with Gasteiger partial charge in [-0.1, -0.05) is 6.92 Å². The lowest BCUT2D eigenvalue weighted by Gasteiger charge is -2.10. The third-order valence-electron chi connectivity index (χ3n) is 2.69. The molecule has 0 fully saturated rings. The standard InChI is InChI=1S/C13H17NO4S/c1-9(4-5-15)19-7-13(16)14-10-2-3-11-12(6-10)18-8-17-11/h2-3,6,9,15H,4-5,7-8H2,1H3,(H,14,16). The fourth-order valence-electron chi connectivity index (χ4n) is 1.65. The molecular formula is C13H17NO4S. The van der Waals surface area contributed by atoms with Crippen molar-refractivity contribution in [3.8, 4) is 11.5 Å². The molecule has 0 radical (unpaired) electrons. The van der Waals surface area contributed by atoms with E-state index in [4.69, 9.17) is 14.6 Å². The van der Waals surface area contributed by atoms with Crippen molar-refractivity contribution >= 4 is 23.4 Å². The summed E-state index contributed by atoms with van der Waals surface area (Å²) in [6, 6.07) is 5.31. The van der Waals surface area contributed by atoms with E-state index in [0.29, 0.717) is 29.4 Å². The van der Waals surface area contributed by atoms with Crippen molar-refractivity contribution in [3.63, 3.8) is 0 Å². The Balaban J connectivity index is 1.82. The number of aliphatic hydroxyl groups is 1. The van der Waals surface area contributed by atoms with Crippen molar-refractivity contribution in [1.29, 1.82) is 0 Å². The van der Waals surface area contributed by atoms with Gasteiger partial charge in [0.15, 0.2) is 11.5 Å². The molecule has 0 saturated carbocycles. The van der Waals surface area contributed by atoms with E-state index in [1.54, 1.807) is 18.2 Å². The van der Waals surface area contributed by atoms with Crippen LogP contribution in [0.4, 0.5) is 5.69 Å². The van der Waals surface area contributed by atoms with Gasteiger partial charge in [0.2, 0.25) is 12.7 Å². The molecular weight excluding hydrogens is 266 g/mol. The first-order chi connectivity index (χ1) is 9.19. The number of hydrogen-bond donors (Lipinski definition) is 2. The molecule has 0 spiro atoms. The Kier molecular flexibility index (Phi) is 4.93. The summed E-state index contributed by atoms with van der Waals surface area (Å²) in [5, 5.41) is 11.9. The minimum absolute atomic E-state index is 0.0614. The first-order valence-electron chi connectivity index (χ1n) is 6.11. The largest absolute Gasteiger partial charge is 0.454 e. The average molecular weight is 283 g/mol. The zero-order valence-corrected chi connectivity index (χ0v) is 11.5. The Morgan fingerprint density at radius 3 is 3.05 bits per heavy atom. The highest BCUT2D eigenvalue weighted by molar-refractivity contribution is 8.00. The molecule has 5 nitrogen and oxygen atoms in total. The highest BCUT2D eigenvalue weighted by Gasteiger charge is 2.14. The van der Waals surface area contributed by atoms with Gasteiger partial charge < -0.3 is 19.9 Å². The molecule has 6 heteroatoms. The minimum Gasteiger partial charge on any atom is -0.454 e. The summed E-state index contributed by atoms with van der Waals surface area (Å²) in [6.07, 6.45) is 0.696. The normalized spacial score (nSPS) is 14.2. The Bertz CT molecular complexity index is 452. The Hall–Kier alpha value is -1.40. The molecule has 1 heterocycles. The van der Waals surface area contributed by atoms with Gasteiger partial charge >= 0.3 is 0 Å². The van der Waals surface area contributed by atoms with E-state index in [-0.39, 0.29) is 24.6 Å². The van der Waals surface area contributed by atoms with Crippen molar-refractivity contribution < 1.29 is 19.4 Å². The molecule has 1 unspecified atom stereocenters. The van der Waals surface area contributed by atoms with Gasteiger partial charge in [-0.25, -0.2) is 0 Å². The molecule has 1 aromatic rings. The highest BCUT2D eigenvalue weighted by atomic mass is 32.2. The maximum Gasteiger partial charge on any atom is 0.234 e. The number of carbonyl (C=O) groups excluding carboxylic acids is 1. The number of anilines is 1. The molecule has 1 aliphatic heterocycles. The van der Waals surface area contributed by atoms with Gasteiger partial charge in [0.1, 0.15) is 0 Å². The lowest BCUT2D eigenvalue weighted by Crippen LogP contribution is -2.16. The fourth-order valence-corrected chi connectivity index (χ4v) is 2.43. The van der Waals surface area contributed by atoms with Gasteiger partial charge in [-0.15, -0.1) is 11.8 Å². The van der Waals surface area contributed by atoms with Gasteiger partial charge in [-0.05, 0) is 18.6 Å². The molecule has 2 N–H and O–H groups in total. The van der Waals surface area contributed by atoms with Crippen molar-refractivity contribution in [2.75, 3.05) is 24.5 Å². The number of fused-ring (bicyclic) bond motifs is 1. The zero-order valence-electron chi connectivity index (χ0n) is 10.7. The summed E-state index contributed by atoms with van der Waals surface area (Å²) < 4.78 is 10.4.